The Labute approximate surface area is 221 Å². The highest BCUT2D eigenvalue weighted by Crippen LogP contribution is 2.14. The maximum absolute atomic E-state index is 12.6. The zero-order chi connectivity index (χ0) is 26.8. The van der Waals surface area contributed by atoms with E-state index in [1.165, 1.54) is 42.5 Å². The molecule has 186 valence electrons. The number of pyridine rings is 3. The third kappa shape index (κ3) is 5.36. The lowest BCUT2D eigenvalue weighted by molar-refractivity contribution is 0.0364. The highest BCUT2D eigenvalue weighted by molar-refractivity contribution is 6.46. The first kappa shape index (κ1) is 25.0. The average molecular weight is 549 g/mol. The zero-order valence-corrected chi connectivity index (χ0v) is 20.9. The second-order valence-electron chi connectivity index (χ2n) is 7.23. The molecule has 5 heterocycles. The van der Waals surface area contributed by atoms with Crippen molar-refractivity contribution in [2.75, 3.05) is 0 Å². The predicted octanol–water partition coefficient (Wildman–Crippen LogP) is 0.210. The van der Waals surface area contributed by atoms with Crippen molar-refractivity contribution < 1.29 is 51.5 Å². The summed E-state index contributed by atoms with van der Waals surface area (Å²) in [5.41, 5.74) is -1.61. The molecule has 0 unspecified atom stereocenters. The summed E-state index contributed by atoms with van der Waals surface area (Å²) in [6.07, 6.45) is 0. The summed E-state index contributed by atoms with van der Waals surface area (Å²) in [7, 11) is 0. The van der Waals surface area contributed by atoms with Crippen LogP contribution >= 0.6 is 0 Å². The van der Waals surface area contributed by atoms with Gasteiger partial charge in [0.2, 0.25) is 0 Å². The summed E-state index contributed by atoms with van der Waals surface area (Å²) in [5.74, 6) is -6.24. The molecule has 4 bridgehead atoms. The van der Waals surface area contributed by atoms with E-state index in [2.05, 4.69) is 15.0 Å². The summed E-state index contributed by atoms with van der Waals surface area (Å²) in [6, 6.07) is 11.6. The largest absolute Gasteiger partial charge is 1.20 e. The number of carbonyl (C=O) groups excluding carboxylic acids is 6. The third-order valence-corrected chi connectivity index (χ3v) is 7.16. The quantitative estimate of drug-likeness (QED) is 0.400. The molecule has 15 nitrogen and oxygen atoms in total. The van der Waals surface area contributed by atoms with Crippen LogP contribution in [0.3, 0.4) is 0 Å². The van der Waals surface area contributed by atoms with Crippen molar-refractivity contribution in [3.63, 3.8) is 0 Å². The Hall–Kier alpha value is -4.67. The molecule has 0 aliphatic carbocycles. The molecule has 0 saturated carbocycles. The fraction of sp³-hybridized carbons (Fsp3) is 0. The monoisotopic (exact) mass is 549 g/mol. The minimum absolute atomic E-state index is 0.182. The van der Waals surface area contributed by atoms with Crippen molar-refractivity contribution >= 4 is 66.1 Å². The Balaban J connectivity index is 1.27. The van der Waals surface area contributed by atoms with E-state index in [0.29, 0.717) is 0 Å². The molecule has 0 amide bonds. The first-order valence-electron chi connectivity index (χ1n) is 10.4. The molecule has 0 atom stereocenters. The molecule has 3 aromatic heterocycles. The molecule has 38 heavy (non-hydrogen) atoms. The van der Waals surface area contributed by atoms with Crippen molar-refractivity contribution in [2.24, 2.45) is 0 Å². The maximum atomic E-state index is 12.6. The van der Waals surface area contributed by atoms with Gasteiger partial charge in [0, 0.05) is 0 Å². The second kappa shape index (κ2) is 10.4. The number of rotatable bonds is 4. The predicted molar refractivity (Wildman–Crippen MR) is 117 cm³/mol. The van der Waals surface area contributed by atoms with Crippen molar-refractivity contribution in [1.29, 1.82) is 0 Å². The van der Waals surface area contributed by atoms with E-state index < -0.39 is 77.5 Å². The first-order chi connectivity index (χ1) is 18.3. The smallest absolute Gasteiger partial charge is 0.546 e. The summed E-state index contributed by atoms with van der Waals surface area (Å²) in [5, 5.41) is 0. The molecule has 0 N–H and O–H groups in total. The van der Waals surface area contributed by atoms with E-state index in [9.17, 15) is 28.8 Å². The molecular weight excluding hydrogens is 540 g/mol. The van der Waals surface area contributed by atoms with Gasteiger partial charge in [-0.05, 0) is 36.4 Å². The lowest BCUT2D eigenvalue weighted by Gasteiger charge is -2.16. The van der Waals surface area contributed by atoms with Gasteiger partial charge in [-0.2, -0.15) is 0 Å². The van der Waals surface area contributed by atoms with E-state index >= 15 is 0 Å². The van der Waals surface area contributed by atoms with Gasteiger partial charge < -0.3 is 22.7 Å². The van der Waals surface area contributed by atoms with Crippen LogP contribution in [0.5, 0.6) is 0 Å². The lowest BCUT2D eigenvalue weighted by atomic mass is 10.3. The summed E-state index contributed by atoms with van der Waals surface area (Å²) >= 11 is -7.39. The summed E-state index contributed by atoms with van der Waals surface area (Å²) in [4.78, 5) is 85.3. The van der Waals surface area contributed by atoms with E-state index in [1.807, 2.05) is 0 Å². The van der Waals surface area contributed by atoms with Crippen molar-refractivity contribution in [2.45, 2.75) is 0 Å². The van der Waals surface area contributed by atoms with Crippen molar-refractivity contribution in [3.05, 3.63) is 88.8 Å². The number of nitrogens with zero attached hydrogens (tertiary/aromatic N) is 3. The zero-order valence-electron chi connectivity index (χ0n) is 18.6. The third-order valence-electron chi connectivity index (χ3n) is 4.72. The molecule has 0 saturated heterocycles. The van der Waals surface area contributed by atoms with Gasteiger partial charge in [0.1, 0.15) is 34.2 Å². The normalized spacial score (nSPS) is 14.4. The van der Waals surface area contributed by atoms with Crippen molar-refractivity contribution in [3.8, 4) is 0 Å². The number of fused-ring (bicyclic) bond motifs is 4. The first-order valence-corrected chi connectivity index (χ1v) is 13.3. The summed E-state index contributed by atoms with van der Waals surface area (Å²) < 4.78 is 29.9. The Morgan fingerprint density at radius 1 is 0.526 bits per heavy atom. The van der Waals surface area contributed by atoms with Gasteiger partial charge in [-0.15, -0.1) is 0 Å². The fourth-order valence-corrected chi connectivity index (χ4v) is 5.08. The van der Waals surface area contributed by atoms with Crippen LogP contribution in [0.2, 0.25) is 0 Å². The van der Waals surface area contributed by atoms with Crippen LogP contribution in [-0.2, 0) is 22.7 Å². The van der Waals surface area contributed by atoms with Crippen LogP contribution in [0.15, 0.2) is 54.6 Å². The van der Waals surface area contributed by atoms with Gasteiger partial charge >= 0.3 is 66.1 Å². The molecular formula is C21H9Al2N3O12. The highest BCUT2D eigenvalue weighted by Gasteiger charge is 2.52. The second-order valence-corrected chi connectivity index (χ2v) is 9.80. The van der Waals surface area contributed by atoms with Gasteiger partial charge in [-0.1, -0.05) is 18.2 Å². The number of hydrogen-bond acceptors (Lipinski definition) is 15. The molecule has 0 fully saturated rings. The standard InChI is InChI=1S/3C7H5NO4.2Al/c3*9-6(10)4-2-1-3-5(8-4)7(11)12;;/h3*1-3H,(H,9,10)(H,11,12);;/q;;;2*+3/p-6. The highest BCUT2D eigenvalue weighted by atomic mass is 27.3. The van der Waals surface area contributed by atoms with Crippen LogP contribution in [0.4, 0.5) is 0 Å². The van der Waals surface area contributed by atoms with Gasteiger partial charge in [0.25, 0.3) is 0 Å². The van der Waals surface area contributed by atoms with Gasteiger partial charge in [0.05, 0.1) is 0 Å². The molecule has 2 aliphatic rings. The molecule has 3 aromatic rings. The van der Waals surface area contributed by atoms with Crippen molar-refractivity contribution in [1.82, 2.24) is 15.0 Å². The number of carbonyl (C=O) groups is 6. The van der Waals surface area contributed by atoms with Gasteiger partial charge in [-0.25, -0.2) is 43.7 Å². The number of aromatic nitrogens is 3. The lowest BCUT2D eigenvalue weighted by Crippen LogP contribution is -2.37. The average Bonchev–Trinajstić information content (AvgIpc) is 2.92. The van der Waals surface area contributed by atoms with Crippen LogP contribution in [0.1, 0.15) is 62.9 Å². The summed E-state index contributed by atoms with van der Waals surface area (Å²) in [6.45, 7) is 0. The Bertz CT molecular complexity index is 1360. The van der Waals surface area contributed by atoms with E-state index in [0.717, 1.165) is 12.1 Å². The Morgan fingerprint density at radius 3 is 1.18 bits per heavy atom. The molecule has 2 aliphatic heterocycles. The SMILES string of the molecule is O=C([O][Al]1[O]C(=O)c2cccc(n2)C(=O)[O]1)c1cccc(C(=O)[O][Al]2[O]C(=O)c3cccc(n3)C(=O)[O]2)n1. The molecule has 0 aromatic carbocycles. The maximum Gasteiger partial charge on any atom is 1.20 e. The minimum Gasteiger partial charge on any atom is -0.546 e. The van der Waals surface area contributed by atoms with Crippen LogP contribution in [-0.4, -0.2) is 81.1 Å². The fourth-order valence-electron chi connectivity index (χ4n) is 3.02. The molecule has 5 rings (SSSR count). The van der Waals surface area contributed by atoms with Crippen LogP contribution in [0, 0.1) is 0 Å². The van der Waals surface area contributed by atoms with E-state index in [1.54, 1.807) is 0 Å². The Morgan fingerprint density at radius 2 is 0.842 bits per heavy atom. The van der Waals surface area contributed by atoms with E-state index in [-0.39, 0.29) is 22.8 Å². The number of hydrogen-bond donors (Lipinski definition) is 0. The molecule has 17 heteroatoms. The van der Waals surface area contributed by atoms with Gasteiger partial charge in [0.15, 0.2) is 0 Å². The minimum atomic E-state index is -3.70. The Kier molecular flexibility index (Phi) is 6.82. The molecule has 0 radical (unpaired) electrons. The topological polar surface area (TPSA) is 196 Å². The molecule has 0 spiro atoms. The van der Waals surface area contributed by atoms with Crippen LogP contribution < -0.4 is 0 Å². The van der Waals surface area contributed by atoms with E-state index in [4.69, 9.17) is 22.7 Å². The van der Waals surface area contributed by atoms with Gasteiger partial charge in [-0.3, -0.25) is 0 Å². The van der Waals surface area contributed by atoms with Crippen LogP contribution in [0.25, 0.3) is 0 Å².